The molecule has 0 radical (unpaired) electrons. The summed E-state index contributed by atoms with van der Waals surface area (Å²) in [6, 6.07) is 0. The highest BCUT2D eigenvalue weighted by molar-refractivity contribution is 6.20. The molecule has 0 aliphatic carbocycles. The van der Waals surface area contributed by atoms with Crippen molar-refractivity contribution in [3.8, 4) is 0 Å². The quantitative estimate of drug-likeness (QED) is 0.424. The van der Waals surface area contributed by atoms with Gasteiger partial charge in [0.2, 0.25) is 0 Å². The van der Waals surface area contributed by atoms with Gasteiger partial charge in [-0.2, -0.15) is 0 Å². The van der Waals surface area contributed by atoms with Crippen LogP contribution in [-0.4, -0.2) is 45.8 Å². The number of aliphatic hydroxyl groups excluding tert-OH is 3. The zero-order valence-electron chi connectivity index (χ0n) is 5.14. The van der Waals surface area contributed by atoms with E-state index in [0.717, 1.165) is 0 Å². The minimum atomic E-state index is -1.10. The third-order valence-electron chi connectivity index (χ3n) is 1.48. The third kappa shape index (κ3) is 1.26. The van der Waals surface area contributed by atoms with Gasteiger partial charge in [-0.1, -0.05) is 11.6 Å². The molecule has 3 N–H and O–H groups in total. The van der Waals surface area contributed by atoms with Gasteiger partial charge in [0.15, 0.2) is 5.56 Å². The first kappa shape index (κ1) is 8.23. The summed E-state index contributed by atoms with van der Waals surface area (Å²) in [5.74, 6) is 0. The largest absolute Gasteiger partial charge is 0.394 e. The molecule has 1 rings (SSSR count). The van der Waals surface area contributed by atoms with Gasteiger partial charge in [0.25, 0.3) is 0 Å². The minimum Gasteiger partial charge on any atom is -0.394 e. The summed E-state index contributed by atoms with van der Waals surface area (Å²) >= 11 is 5.39. The van der Waals surface area contributed by atoms with Gasteiger partial charge in [0.1, 0.15) is 18.3 Å². The molecule has 1 heterocycles. The lowest BCUT2D eigenvalue weighted by Crippen LogP contribution is -2.32. The van der Waals surface area contributed by atoms with E-state index >= 15 is 0 Å². The predicted octanol–water partition coefficient (Wildman–Crippen LogP) is -1.34. The zero-order chi connectivity index (χ0) is 7.72. The van der Waals surface area contributed by atoms with E-state index < -0.39 is 23.9 Å². The molecule has 1 aliphatic rings. The SMILES string of the molecule is OCC1OC(Cl)C(O)C1O. The second kappa shape index (κ2) is 3.02. The normalized spacial score (nSPS) is 48.0. The Morgan fingerprint density at radius 2 is 1.90 bits per heavy atom. The molecule has 4 nitrogen and oxygen atoms in total. The number of rotatable bonds is 1. The Hall–Kier alpha value is 0.130. The monoisotopic (exact) mass is 168 g/mol. The van der Waals surface area contributed by atoms with E-state index in [9.17, 15) is 0 Å². The molecule has 4 unspecified atom stereocenters. The highest BCUT2D eigenvalue weighted by Gasteiger charge is 2.40. The first-order chi connectivity index (χ1) is 4.66. The summed E-state index contributed by atoms with van der Waals surface area (Å²) in [6.45, 7) is -0.332. The maximum atomic E-state index is 9.01. The van der Waals surface area contributed by atoms with Crippen molar-refractivity contribution in [3.05, 3.63) is 0 Å². The van der Waals surface area contributed by atoms with Crippen LogP contribution in [0.3, 0.4) is 0 Å². The summed E-state index contributed by atoms with van der Waals surface area (Å²) in [7, 11) is 0. The summed E-state index contributed by atoms with van der Waals surface area (Å²) < 4.78 is 4.75. The van der Waals surface area contributed by atoms with Crippen LogP contribution in [0.2, 0.25) is 0 Å². The van der Waals surface area contributed by atoms with E-state index in [1.54, 1.807) is 0 Å². The molecule has 0 aromatic rings. The van der Waals surface area contributed by atoms with E-state index in [1.807, 2.05) is 0 Å². The molecular weight excluding hydrogens is 160 g/mol. The fourth-order valence-corrected chi connectivity index (χ4v) is 1.14. The second-order valence-electron chi connectivity index (χ2n) is 2.19. The molecular formula is C5H9ClO4. The van der Waals surface area contributed by atoms with Crippen LogP contribution >= 0.6 is 11.6 Å². The average Bonchev–Trinajstić information content (AvgIpc) is 2.17. The standard InChI is InChI=1S/C5H9ClO4/c6-5-4(9)3(8)2(1-7)10-5/h2-5,7-9H,1H2. The molecule has 1 saturated heterocycles. The first-order valence-corrected chi connectivity index (χ1v) is 3.37. The van der Waals surface area contributed by atoms with Gasteiger partial charge in [0.05, 0.1) is 6.61 Å². The summed E-state index contributed by atoms with van der Waals surface area (Å²) in [5.41, 5.74) is -0.910. The van der Waals surface area contributed by atoms with Crippen molar-refractivity contribution >= 4 is 11.6 Å². The van der Waals surface area contributed by atoms with Crippen molar-refractivity contribution in [2.24, 2.45) is 0 Å². The van der Waals surface area contributed by atoms with E-state index in [2.05, 4.69) is 0 Å². The van der Waals surface area contributed by atoms with Gasteiger partial charge < -0.3 is 20.1 Å². The molecule has 10 heavy (non-hydrogen) atoms. The van der Waals surface area contributed by atoms with Crippen molar-refractivity contribution in [2.45, 2.75) is 23.9 Å². The Balaban J connectivity index is 2.53. The van der Waals surface area contributed by atoms with Crippen molar-refractivity contribution in [3.63, 3.8) is 0 Å². The van der Waals surface area contributed by atoms with Crippen LogP contribution in [0, 0.1) is 0 Å². The fourth-order valence-electron chi connectivity index (χ4n) is 0.854. The number of halogens is 1. The average molecular weight is 169 g/mol. The van der Waals surface area contributed by atoms with Crippen LogP contribution in [0.4, 0.5) is 0 Å². The van der Waals surface area contributed by atoms with E-state index in [4.69, 9.17) is 31.7 Å². The van der Waals surface area contributed by atoms with Gasteiger partial charge >= 0.3 is 0 Å². The molecule has 5 heteroatoms. The van der Waals surface area contributed by atoms with Crippen molar-refractivity contribution in [2.75, 3.05) is 6.61 Å². The van der Waals surface area contributed by atoms with E-state index in [-0.39, 0.29) is 6.61 Å². The van der Waals surface area contributed by atoms with E-state index in [0.29, 0.717) is 0 Å². The maximum absolute atomic E-state index is 9.01. The molecule has 1 fully saturated rings. The third-order valence-corrected chi connectivity index (χ3v) is 1.85. The molecule has 4 atom stereocenters. The first-order valence-electron chi connectivity index (χ1n) is 2.93. The lowest BCUT2D eigenvalue weighted by Gasteiger charge is -2.09. The lowest BCUT2D eigenvalue weighted by atomic mass is 10.2. The topological polar surface area (TPSA) is 69.9 Å². The number of aliphatic hydroxyl groups is 3. The van der Waals surface area contributed by atoms with Gasteiger partial charge in [-0.25, -0.2) is 0 Å². The fraction of sp³-hybridized carbons (Fsp3) is 1.00. The molecule has 0 aromatic carbocycles. The Labute approximate surface area is 63.0 Å². The Morgan fingerprint density at radius 3 is 2.10 bits per heavy atom. The van der Waals surface area contributed by atoms with Gasteiger partial charge in [-0.05, 0) is 0 Å². The van der Waals surface area contributed by atoms with E-state index in [1.165, 1.54) is 0 Å². The van der Waals surface area contributed by atoms with Gasteiger partial charge in [0, 0.05) is 0 Å². The lowest BCUT2D eigenvalue weighted by molar-refractivity contribution is -0.00869. The van der Waals surface area contributed by atoms with Crippen molar-refractivity contribution < 1.29 is 20.1 Å². The van der Waals surface area contributed by atoms with Gasteiger partial charge in [-0.3, -0.25) is 0 Å². The summed E-state index contributed by atoms with van der Waals surface area (Å²) in [6.07, 6.45) is -2.93. The Kier molecular flexibility index (Phi) is 2.49. The highest BCUT2D eigenvalue weighted by atomic mass is 35.5. The van der Waals surface area contributed by atoms with Crippen LogP contribution in [-0.2, 0) is 4.74 Å². The van der Waals surface area contributed by atoms with Crippen molar-refractivity contribution in [1.82, 2.24) is 0 Å². The second-order valence-corrected chi connectivity index (χ2v) is 2.62. The van der Waals surface area contributed by atoms with Crippen LogP contribution in [0.15, 0.2) is 0 Å². The molecule has 60 valence electrons. The Morgan fingerprint density at radius 1 is 1.30 bits per heavy atom. The number of alkyl halides is 1. The number of hydrogen-bond donors (Lipinski definition) is 3. The Bertz CT molecular complexity index is 120. The molecule has 0 bridgehead atoms. The highest BCUT2D eigenvalue weighted by Crippen LogP contribution is 2.23. The maximum Gasteiger partial charge on any atom is 0.160 e. The molecule has 0 amide bonds. The predicted molar refractivity (Wildman–Crippen MR) is 33.6 cm³/mol. The molecule has 0 saturated carbocycles. The number of hydrogen-bond acceptors (Lipinski definition) is 4. The van der Waals surface area contributed by atoms with Crippen LogP contribution < -0.4 is 0 Å². The van der Waals surface area contributed by atoms with Gasteiger partial charge in [-0.15, -0.1) is 0 Å². The van der Waals surface area contributed by atoms with Crippen molar-refractivity contribution in [1.29, 1.82) is 0 Å². The van der Waals surface area contributed by atoms with Crippen LogP contribution in [0.25, 0.3) is 0 Å². The molecule has 1 aliphatic heterocycles. The summed E-state index contributed by atoms with van der Waals surface area (Å²) in [4.78, 5) is 0. The zero-order valence-corrected chi connectivity index (χ0v) is 5.90. The molecule has 0 spiro atoms. The smallest absolute Gasteiger partial charge is 0.160 e. The molecule has 0 aromatic heterocycles. The van der Waals surface area contributed by atoms with Crippen LogP contribution in [0.1, 0.15) is 0 Å². The van der Waals surface area contributed by atoms with Crippen LogP contribution in [0.5, 0.6) is 0 Å². The minimum absolute atomic E-state index is 0.332. The number of ether oxygens (including phenoxy) is 1. The summed E-state index contributed by atoms with van der Waals surface area (Å²) in [5, 5.41) is 26.5.